The highest BCUT2D eigenvalue weighted by atomic mass is 32.2. The van der Waals surface area contributed by atoms with Gasteiger partial charge in [0.1, 0.15) is 0 Å². The third kappa shape index (κ3) is 1.21. The van der Waals surface area contributed by atoms with Crippen LogP contribution in [-0.4, -0.2) is 8.42 Å². The highest BCUT2D eigenvalue weighted by Gasteiger charge is 2.12. The Bertz CT molecular complexity index is 256. The lowest BCUT2D eigenvalue weighted by Gasteiger charge is -1.85. The molecule has 0 saturated heterocycles. The summed E-state index contributed by atoms with van der Waals surface area (Å²) in [6.07, 6.45) is 0. The van der Waals surface area contributed by atoms with Crippen LogP contribution < -0.4 is 0 Å². The largest absolute Gasteiger partial charge is 0.220 e. The molecule has 9 heavy (non-hydrogen) atoms. The second kappa shape index (κ2) is 1.70. The standard InChI is InChI=1S/C6H8O2S/c1-5-3-9(7,8)4-6(5)2/h3-4H,1-2H3. The van der Waals surface area contributed by atoms with Crippen LogP contribution >= 0.6 is 0 Å². The Balaban J connectivity index is 3.27. The Morgan fingerprint density at radius 1 is 1.11 bits per heavy atom. The van der Waals surface area contributed by atoms with Crippen LogP contribution in [0, 0.1) is 0 Å². The van der Waals surface area contributed by atoms with Crippen molar-refractivity contribution in [3.63, 3.8) is 0 Å². The van der Waals surface area contributed by atoms with Gasteiger partial charge in [0.2, 0.25) is 0 Å². The molecule has 0 bridgehead atoms. The van der Waals surface area contributed by atoms with Crippen molar-refractivity contribution in [2.75, 3.05) is 0 Å². The molecule has 3 heteroatoms. The SMILES string of the molecule is CC1=CS(=O)(=O)C=C1C. The molecule has 0 saturated carbocycles. The predicted octanol–water partition coefficient (Wildman–Crippen LogP) is 1.22. The Morgan fingerprint density at radius 2 is 1.44 bits per heavy atom. The quantitative estimate of drug-likeness (QED) is 0.512. The molecule has 0 radical (unpaired) electrons. The van der Waals surface area contributed by atoms with Crippen molar-refractivity contribution in [1.29, 1.82) is 0 Å². The van der Waals surface area contributed by atoms with E-state index in [-0.39, 0.29) is 0 Å². The van der Waals surface area contributed by atoms with Crippen molar-refractivity contribution in [3.05, 3.63) is 22.0 Å². The fourth-order valence-corrected chi connectivity index (χ4v) is 2.14. The van der Waals surface area contributed by atoms with Crippen molar-refractivity contribution in [1.82, 2.24) is 0 Å². The van der Waals surface area contributed by atoms with Crippen molar-refractivity contribution in [2.45, 2.75) is 13.8 Å². The van der Waals surface area contributed by atoms with E-state index in [1.165, 1.54) is 10.8 Å². The Morgan fingerprint density at radius 3 is 1.56 bits per heavy atom. The summed E-state index contributed by atoms with van der Waals surface area (Å²) < 4.78 is 21.4. The molecule has 0 aromatic rings. The molecule has 0 unspecified atom stereocenters. The minimum Gasteiger partial charge on any atom is -0.220 e. The molecule has 0 aromatic carbocycles. The Labute approximate surface area is 54.8 Å². The normalized spacial score (nSPS) is 23.3. The zero-order chi connectivity index (χ0) is 7.07. The second-order valence-corrected chi connectivity index (χ2v) is 3.84. The van der Waals surface area contributed by atoms with Crippen LogP contribution in [0.4, 0.5) is 0 Å². The monoisotopic (exact) mass is 144 g/mol. The zero-order valence-corrected chi connectivity index (χ0v) is 6.20. The molecule has 0 aromatic heterocycles. The highest BCUT2D eigenvalue weighted by Crippen LogP contribution is 2.19. The summed E-state index contributed by atoms with van der Waals surface area (Å²) in [4.78, 5) is 0. The summed E-state index contributed by atoms with van der Waals surface area (Å²) in [7, 11) is -2.97. The van der Waals surface area contributed by atoms with Crippen molar-refractivity contribution >= 4 is 9.84 Å². The van der Waals surface area contributed by atoms with E-state index in [9.17, 15) is 8.42 Å². The lowest BCUT2D eigenvalue weighted by molar-refractivity contribution is 0.613. The molecule has 50 valence electrons. The van der Waals surface area contributed by atoms with E-state index >= 15 is 0 Å². The van der Waals surface area contributed by atoms with Crippen LogP contribution in [0.1, 0.15) is 13.8 Å². The number of sulfone groups is 1. The van der Waals surface area contributed by atoms with Crippen LogP contribution in [0.15, 0.2) is 22.0 Å². The maximum absolute atomic E-state index is 10.7. The van der Waals surface area contributed by atoms with E-state index < -0.39 is 9.84 Å². The lowest BCUT2D eigenvalue weighted by atomic mass is 10.2. The van der Waals surface area contributed by atoms with E-state index in [0.717, 1.165) is 11.1 Å². The van der Waals surface area contributed by atoms with Gasteiger partial charge in [0.05, 0.1) is 0 Å². The minimum absolute atomic E-state index is 0.843. The Kier molecular flexibility index (Phi) is 1.24. The zero-order valence-electron chi connectivity index (χ0n) is 5.38. The maximum atomic E-state index is 10.7. The molecule has 1 aliphatic rings. The summed E-state index contributed by atoms with van der Waals surface area (Å²) in [6.45, 7) is 3.58. The maximum Gasteiger partial charge on any atom is 0.193 e. The second-order valence-electron chi connectivity index (χ2n) is 2.19. The van der Waals surface area contributed by atoms with Crippen molar-refractivity contribution < 1.29 is 8.42 Å². The van der Waals surface area contributed by atoms with E-state index in [1.54, 1.807) is 13.8 Å². The first-order valence-corrected chi connectivity index (χ1v) is 4.24. The molecular weight excluding hydrogens is 136 g/mol. The lowest BCUT2D eigenvalue weighted by Crippen LogP contribution is -1.81. The Hall–Kier alpha value is -0.570. The van der Waals surface area contributed by atoms with Gasteiger partial charge in [-0.15, -0.1) is 0 Å². The molecular formula is C6H8O2S. The number of hydrogen-bond donors (Lipinski definition) is 0. The van der Waals surface area contributed by atoms with Crippen molar-refractivity contribution in [3.8, 4) is 0 Å². The molecule has 1 rings (SSSR count). The first-order valence-electron chi connectivity index (χ1n) is 2.63. The van der Waals surface area contributed by atoms with Crippen LogP contribution in [0.2, 0.25) is 0 Å². The van der Waals surface area contributed by atoms with Crippen LogP contribution in [0.25, 0.3) is 0 Å². The van der Waals surface area contributed by atoms with Gasteiger partial charge in [0.25, 0.3) is 0 Å². The van der Waals surface area contributed by atoms with E-state index in [0.29, 0.717) is 0 Å². The van der Waals surface area contributed by atoms with Gasteiger partial charge in [-0.25, -0.2) is 8.42 Å². The van der Waals surface area contributed by atoms with Gasteiger partial charge >= 0.3 is 0 Å². The third-order valence-corrected chi connectivity index (χ3v) is 2.67. The highest BCUT2D eigenvalue weighted by molar-refractivity contribution is 7.97. The molecule has 0 atom stereocenters. The molecule has 0 aliphatic carbocycles. The van der Waals surface area contributed by atoms with Gasteiger partial charge in [-0.2, -0.15) is 0 Å². The van der Waals surface area contributed by atoms with E-state index in [4.69, 9.17) is 0 Å². The fraction of sp³-hybridized carbons (Fsp3) is 0.333. The minimum atomic E-state index is -2.97. The topological polar surface area (TPSA) is 34.1 Å². The summed E-state index contributed by atoms with van der Waals surface area (Å²) in [6, 6.07) is 0. The van der Waals surface area contributed by atoms with Gasteiger partial charge in [0, 0.05) is 10.8 Å². The fourth-order valence-electron chi connectivity index (χ4n) is 0.713. The molecule has 0 amide bonds. The molecule has 1 heterocycles. The number of hydrogen-bond acceptors (Lipinski definition) is 2. The van der Waals surface area contributed by atoms with Gasteiger partial charge in [0.15, 0.2) is 9.84 Å². The van der Waals surface area contributed by atoms with Gasteiger partial charge < -0.3 is 0 Å². The van der Waals surface area contributed by atoms with Crippen LogP contribution in [-0.2, 0) is 9.84 Å². The average Bonchev–Trinajstić information content (AvgIpc) is 1.79. The third-order valence-electron chi connectivity index (χ3n) is 1.30. The van der Waals surface area contributed by atoms with Crippen LogP contribution in [0.3, 0.4) is 0 Å². The van der Waals surface area contributed by atoms with Gasteiger partial charge in [-0.05, 0) is 25.0 Å². The molecule has 0 spiro atoms. The molecule has 0 fully saturated rings. The van der Waals surface area contributed by atoms with Crippen LogP contribution in [0.5, 0.6) is 0 Å². The van der Waals surface area contributed by atoms with E-state index in [1.807, 2.05) is 0 Å². The predicted molar refractivity (Wildman–Crippen MR) is 36.4 cm³/mol. The summed E-state index contributed by atoms with van der Waals surface area (Å²) >= 11 is 0. The number of rotatable bonds is 0. The van der Waals surface area contributed by atoms with Gasteiger partial charge in [-0.1, -0.05) is 0 Å². The van der Waals surface area contributed by atoms with Crippen molar-refractivity contribution in [2.24, 2.45) is 0 Å². The van der Waals surface area contributed by atoms with Gasteiger partial charge in [-0.3, -0.25) is 0 Å². The average molecular weight is 144 g/mol. The number of allylic oxidation sites excluding steroid dienone is 2. The summed E-state index contributed by atoms with van der Waals surface area (Å²) in [5, 5.41) is 2.56. The molecule has 1 aliphatic heterocycles. The first kappa shape index (κ1) is 6.55. The summed E-state index contributed by atoms with van der Waals surface area (Å²) in [5.41, 5.74) is 1.69. The molecule has 0 N–H and O–H groups in total. The first-order chi connectivity index (χ1) is 4.01. The summed E-state index contributed by atoms with van der Waals surface area (Å²) in [5.74, 6) is 0. The molecule has 2 nitrogen and oxygen atoms in total. The van der Waals surface area contributed by atoms with E-state index in [2.05, 4.69) is 0 Å². The smallest absolute Gasteiger partial charge is 0.193 e.